The van der Waals surface area contributed by atoms with Gasteiger partial charge >= 0.3 is 0 Å². The van der Waals surface area contributed by atoms with Crippen LogP contribution < -0.4 is 5.32 Å². The molecule has 0 fully saturated rings. The summed E-state index contributed by atoms with van der Waals surface area (Å²) >= 11 is 3.36. The van der Waals surface area contributed by atoms with Gasteiger partial charge in [-0.25, -0.2) is 4.98 Å². The van der Waals surface area contributed by atoms with E-state index in [-0.39, 0.29) is 0 Å². The zero-order valence-electron chi connectivity index (χ0n) is 9.48. The van der Waals surface area contributed by atoms with E-state index >= 15 is 0 Å². The fraction of sp³-hybridized carbons (Fsp3) is 0.154. The second kappa shape index (κ2) is 5.80. The highest BCUT2D eigenvalue weighted by atomic mass is 79.9. The first-order valence-electron chi connectivity index (χ1n) is 5.25. The van der Waals surface area contributed by atoms with Crippen LogP contribution in [0.1, 0.15) is 5.56 Å². The van der Waals surface area contributed by atoms with Crippen molar-refractivity contribution >= 4 is 27.4 Å². The van der Waals surface area contributed by atoms with Crippen LogP contribution >= 0.6 is 15.9 Å². The normalized spacial score (nSPS) is 10.2. The van der Waals surface area contributed by atoms with E-state index in [1.807, 2.05) is 36.4 Å². The average Bonchev–Trinajstić information content (AvgIpc) is 2.35. The zero-order chi connectivity index (χ0) is 12.1. The summed E-state index contributed by atoms with van der Waals surface area (Å²) in [6.45, 7) is 0.583. The summed E-state index contributed by atoms with van der Waals surface area (Å²) in [6.07, 6.45) is 1.77. The third-order valence-corrected chi connectivity index (χ3v) is 2.78. The Morgan fingerprint density at radius 1 is 1.24 bits per heavy atom. The number of pyridine rings is 1. The van der Waals surface area contributed by atoms with Crippen LogP contribution in [0.4, 0.5) is 11.5 Å². The Morgan fingerprint density at radius 3 is 2.76 bits per heavy atom. The molecule has 0 radical (unpaired) electrons. The second-order valence-corrected chi connectivity index (χ2v) is 4.49. The average molecular weight is 293 g/mol. The number of nitrogens with one attached hydrogen (secondary N) is 1. The molecule has 0 saturated carbocycles. The third kappa shape index (κ3) is 3.28. The number of nitrogens with zero attached hydrogens (tertiary/aromatic N) is 1. The lowest BCUT2D eigenvalue weighted by Gasteiger charge is -2.10. The predicted molar refractivity (Wildman–Crippen MR) is 72.4 cm³/mol. The van der Waals surface area contributed by atoms with Crippen molar-refractivity contribution in [1.82, 2.24) is 4.98 Å². The Balaban J connectivity index is 2.20. The van der Waals surface area contributed by atoms with E-state index in [9.17, 15) is 0 Å². The molecule has 4 heteroatoms. The first-order valence-corrected chi connectivity index (χ1v) is 6.04. The van der Waals surface area contributed by atoms with Crippen LogP contribution in [0.15, 0.2) is 47.1 Å². The SMILES string of the molecule is COCc1ccccc1Nc1ccc(Br)cn1. The molecule has 0 spiro atoms. The molecule has 2 rings (SSSR count). The van der Waals surface area contributed by atoms with Gasteiger partial charge in [-0.15, -0.1) is 0 Å². The van der Waals surface area contributed by atoms with Gasteiger partial charge in [0.05, 0.1) is 6.61 Å². The van der Waals surface area contributed by atoms with E-state index in [1.165, 1.54) is 0 Å². The van der Waals surface area contributed by atoms with Crippen molar-refractivity contribution in [1.29, 1.82) is 0 Å². The molecule has 1 aromatic heterocycles. The highest BCUT2D eigenvalue weighted by Crippen LogP contribution is 2.20. The largest absolute Gasteiger partial charge is 0.380 e. The van der Waals surface area contributed by atoms with Crippen LogP contribution in [0.5, 0.6) is 0 Å². The molecular weight excluding hydrogens is 280 g/mol. The molecule has 0 atom stereocenters. The summed E-state index contributed by atoms with van der Waals surface area (Å²) in [5.41, 5.74) is 2.13. The van der Waals surface area contributed by atoms with Gasteiger partial charge in [0.2, 0.25) is 0 Å². The molecule has 3 nitrogen and oxygen atoms in total. The van der Waals surface area contributed by atoms with Gasteiger partial charge in [-0.2, -0.15) is 0 Å². The molecule has 0 aliphatic carbocycles. The van der Waals surface area contributed by atoms with Crippen LogP contribution in [-0.2, 0) is 11.3 Å². The highest BCUT2D eigenvalue weighted by molar-refractivity contribution is 9.10. The number of aromatic nitrogens is 1. The molecule has 88 valence electrons. The number of hydrogen-bond donors (Lipinski definition) is 1. The maximum Gasteiger partial charge on any atom is 0.130 e. The first-order chi connectivity index (χ1) is 8.29. The minimum atomic E-state index is 0.583. The molecule has 0 aliphatic heterocycles. The zero-order valence-corrected chi connectivity index (χ0v) is 11.1. The monoisotopic (exact) mass is 292 g/mol. The number of ether oxygens (including phenoxy) is 1. The highest BCUT2D eigenvalue weighted by Gasteiger charge is 2.02. The number of anilines is 2. The van der Waals surface area contributed by atoms with Gasteiger partial charge in [0.1, 0.15) is 5.82 Å². The van der Waals surface area contributed by atoms with Gasteiger partial charge in [0.25, 0.3) is 0 Å². The molecule has 0 amide bonds. The van der Waals surface area contributed by atoms with Crippen LogP contribution in [0.2, 0.25) is 0 Å². The van der Waals surface area contributed by atoms with Crippen LogP contribution in [-0.4, -0.2) is 12.1 Å². The summed E-state index contributed by atoms with van der Waals surface area (Å²) in [5, 5.41) is 3.27. The fourth-order valence-electron chi connectivity index (χ4n) is 1.51. The smallest absolute Gasteiger partial charge is 0.130 e. The van der Waals surface area contributed by atoms with Crippen LogP contribution in [0.3, 0.4) is 0 Å². The molecule has 0 bridgehead atoms. The van der Waals surface area contributed by atoms with Crippen molar-refractivity contribution in [2.45, 2.75) is 6.61 Å². The summed E-state index contributed by atoms with van der Waals surface area (Å²) < 4.78 is 6.12. The topological polar surface area (TPSA) is 34.1 Å². The summed E-state index contributed by atoms with van der Waals surface area (Å²) in [4.78, 5) is 4.28. The van der Waals surface area contributed by atoms with E-state index in [0.717, 1.165) is 21.5 Å². The maximum absolute atomic E-state index is 5.16. The van der Waals surface area contributed by atoms with Crippen molar-refractivity contribution in [3.05, 3.63) is 52.6 Å². The van der Waals surface area contributed by atoms with E-state index in [1.54, 1.807) is 13.3 Å². The fourth-order valence-corrected chi connectivity index (χ4v) is 1.75. The summed E-state index contributed by atoms with van der Waals surface area (Å²) in [6, 6.07) is 11.9. The van der Waals surface area contributed by atoms with Gasteiger partial charge < -0.3 is 10.1 Å². The first kappa shape index (κ1) is 12.1. The Morgan fingerprint density at radius 2 is 2.06 bits per heavy atom. The molecular formula is C13H13BrN2O. The summed E-state index contributed by atoms with van der Waals surface area (Å²) in [5.74, 6) is 0.816. The molecule has 1 heterocycles. The van der Waals surface area contributed by atoms with Gasteiger partial charge in [-0.05, 0) is 34.1 Å². The minimum absolute atomic E-state index is 0.583. The minimum Gasteiger partial charge on any atom is -0.380 e. The quantitative estimate of drug-likeness (QED) is 0.932. The molecule has 1 aromatic carbocycles. The van der Waals surface area contributed by atoms with Gasteiger partial charge in [-0.1, -0.05) is 18.2 Å². The molecule has 17 heavy (non-hydrogen) atoms. The number of para-hydroxylation sites is 1. The Bertz CT molecular complexity index is 485. The summed E-state index contributed by atoms with van der Waals surface area (Å²) in [7, 11) is 1.69. The lowest BCUT2D eigenvalue weighted by Crippen LogP contribution is -1.98. The maximum atomic E-state index is 5.16. The van der Waals surface area contributed by atoms with E-state index in [4.69, 9.17) is 4.74 Å². The Labute approximate surface area is 109 Å². The lowest BCUT2D eigenvalue weighted by atomic mass is 10.2. The number of methoxy groups -OCH3 is 1. The van der Waals surface area contributed by atoms with E-state index in [0.29, 0.717) is 6.61 Å². The number of hydrogen-bond acceptors (Lipinski definition) is 3. The van der Waals surface area contributed by atoms with Crippen LogP contribution in [0.25, 0.3) is 0 Å². The molecule has 0 saturated heterocycles. The van der Waals surface area contributed by atoms with Crippen molar-refractivity contribution in [2.24, 2.45) is 0 Å². The third-order valence-electron chi connectivity index (χ3n) is 2.31. The van der Waals surface area contributed by atoms with Crippen molar-refractivity contribution in [3.63, 3.8) is 0 Å². The van der Waals surface area contributed by atoms with Crippen LogP contribution in [0, 0.1) is 0 Å². The molecule has 0 aliphatic rings. The van der Waals surface area contributed by atoms with E-state index in [2.05, 4.69) is 26.2 Å². The van der Waals surface area contributed by atoms with Crippen molar-refractivity contribution in [2.75, 3.05) is 12.4 Å². The Kier molecular flexibility index (Phi) is 4.12. The number of halogens is 1. The van der Waals surface area contributed by atoms with Gasteiger partial charge in [0, 0.05) is 29.0 Å². The lowest BCUT2D eigenvalue weighted by molar-refractivity contribution is 0.185. The second-order valence-electron chi connectivity index (χ2n) is 3.58. The molecule has 0 unspecified atom stereocenters. The number of rotatable bonds is 4. The van der Waals surface area contributed by atoms with Crippen molar-refractivity contribution < 1.29 is 4.74 Å². The van der Waals surface area contributed by atoms with Gasteiger partial charge in [-0.3, -0.25) is 0 Å². The van der Waals surface area contributed by atoms with Gasteiger partial charge in [0.15, 0.2) is 0 Å². The van der Waals surface area contributed by atoms with E-state index < -0.39 is 0 Å². The predicted octanol–water partition coefficient (Wildman–Crippen LogP) is 3.73. The standard InChI is InChI=1S/C13H13BrN2O/c1-17-9-10-4-2-3-5-12(10)16-13-7-6-11(14)8-15-13/h2-8H,9H2,1H3,(H,15,16). The molecule has 1 N–H and O–H groups in total. The van der Waals surface area contributed by atoms with Crippen molar-refractivity contribution in [3.8, 4) is 0 Å². The number of benzene rings is 1. The Hall–Kier alpha value is -1.39. The molecule has 2 aromatic rings.